The van der Waals surface area contributed by atoms with Crippen molar-refractivity contribution in [3.63, 3.8) is 0 Å². The lowest BCUT2D eigenvalue weighted by Crippen LogP contribution is -2.53. The zero-order chi connectivity index (χ0) is 24.2. The van der Waals surface area contributed by atoms with E-state index in [1.165, 1.54) is 37.4 Å². The van der Waals surface area contributed by atoms with Gasteiger partial charge in [-0.2, -0.15) is 0 Å². The molecule has 184 valence electrons. The van der Waals surface area contributed by atoms with Gasteiger partial charge in [0.2, 0.25) is 11.8 Å². The first-order chi connectivity index (χ1) is 16.4. The number of piperidine rings is 3. The van der Waals surface area contributed by atoms with Gasteiger partial charge in [0, 0.05) is 44.4 Å². The number of benzene rings is 1. The lowest BCUT2D eigenvalue weighted by Gasteiger charge is -2.38. The van der Waals surface area contributed by atoms with Gasteiger partial charge in [0.05, 0.1) is 5.56 Å². The summed E-state index contributed by atoms with van der Waals surface area (Å²) in [6.07, 6.45) is 5.98. The Morgan fingerprint density at radius 1 is 1.09 bits per heavy atom. The molecule has 0 saturated carbocycles. The van der Waals surface area contributed by atoms with Crippen molar-refractivity contribution in [1.29, 1.82) is 0 Å². The van der Waals surface area contributed by atoms with Crippen molar-refractivity contribution in [3.05, 3.63) is 29.3 Å². The first kappa shape index (κ1) is 24.4. The van der Waals surface area contributed by atoms with Crippen LogP contribution in [0.1, 0.15) is 66.2 Å². The van der Waals surface area contributed by atoms with Crippen LogP contribution in [0, 0.1) is 11.8 Å². The van der Waals surface area contributed by atoms with E-state index in [-0.39, 0.29) is 24.7 Å². The number of likely N-dealkylation sites (N-methyl/N-ethyl adjacent to an activating group) is 1. The summed E-state index contributed by atoms with van der Waals surface area (Å²) >= 11 is 0. The van der Waals surface area contributed by atoms with Crippen molar-refractivity contribution in [2.45, 2.75) is 51.5 Å². The Labute approximate surface area is 201 Å². The molecule has 0 spiro atoms. The van der Waals surface area contributed by atoms with E-state index >= 15 is 0 Å². The minimum atomic E-state index is -0.720. The highest BCUT2D eigenvalue weighted by Gasteiger charge is 2.33. The van der Waals surface area contributed by atoms with Crippen molar-refractivity contribution >= 4 is 29.7 Å². The number of hydrogen-bond donors (Lipinski definition) is 1. The summed E-state index contributed by atoms with van der Waals surface area (Å²) in [6, 6.07) is 4.65. The second-order valence-electron chi connectivity index (χ2n) is 10.2. The lowest BCUT2D eigenvalue weighted by atomic mass is 9.93. The summed E-state index contributed by atoms with van der Waals surface area (Å²) in [4.78, 5) is 54.9. The maximum atomic E-state index is 13.3. The third-order valence-corrected chi connectivity index (χ3v) is 7.76. The van der Waals surface area contributed by atoms with Crippen LogP contribution in [0.15, 0.2) is 18.2 Å². The molecule has 3 fully saturated rings. The predicted molar refractivity (Wildman–Crippen MR) is 130 cm³/mol. The normalized spacial score (nSPS) is 23.0. The second kappa shape index (κ2) is 10.7. The van der Waals surface area contributed by atoms with E-state index in [2.05, 4.69) is 22.0 Å². The third kappa shape index (κ3) is 5.49. The maximum Gasteiger partial charge on any atom is 0.255 e. The first-order valence-corrected chi connectivity index (χ1v) is 12.5. The monoisotopic (exact) mass is 468 g/mol. The van der Waals surface area contributed by atoms with Crippen molar-refractivity contribution in [1.82, 2.24) is 15.1 Å². The standard InChI is InChI=1S/C26H36N4O4/c1-18-7-11-29(12-8-18)16-19-9-13-30(14-10-19)21-4-3-20(17-31)22(15-21)26(34)28(2)23-5-6-24(32)27-25(23)33/h3-4,15,17-19,23H,5-14,16H2,1-2H3,(H,27,32,33). The number of anilines is 1. The number of aldehydes is 1. The summed E-state index contributed by atoms with van der Waals surface area (Å²) in [7, 11) is 1.55. The van der Waals surface area contributed by atoms with E-state index in [0.717, 1.165) is 37.5 Å². The molecule has 8 nitrogen and oxygen atoms in total. The number of amides is 3. The fraction of sp³-hybridized carbons (Fsp3) is 0.615. The molecule has 4 rings (SSSR count). The molecule has 1 atom stereocenters. The van der Waals surface area contributed by atoms with Crippen LogP contribution >= 0.6 is 0 Å². The van der Waals surface area contributed by atoms with Gasteiger partial charge in [-0.3, -0.25) is 24.5 Å². The molecule has 3 heterocycles. The smallest absolute Gasteiger partial charge is 0.255 e. The van der Waals surface area contributed by atoms with E-state index < -0.39 is 11.9 Å². The van der Waals surface area contributed by atoms with Crippen LogP contribution in [-0.2, 0) is 9.59 Å². The Kier molecular flexibility index (Phi) is 7.66. The molecule has 3 amide bonds. The van der Waals surface area contributed by atoms with E-state index in [9.17, 15) is 19.2 Å². The number of carbonyl (C=O) groups excluding carboxylic acids is 4. The minimum Gasteiger partial charge on any atom is -0.371 e. The zero-order valence-corrected chi connectivity index (χ0v) is 20.3. The molecular weight excluding hydrogens is 432 g/mol. The number of rotatable bonds is 6. The molecule has 1 aromatic carbocycles. The van der Waals surface area contributed by atoms with Crippen LogP contribution in [0.4, 0.5) is 5.69 Å². The summed E-state index contributed by atoms with van der Waals surface area (Å²) in [6.45, 7) is 7.78. The maximum absolute atomic E-state index is 13.3. The number of nitrogens with one attached hydrogen (secondary N) is 1. The summed E-state index contributed by atoms with van der Waals surface area (Å²) < 4.78 is 0. The van der Waals surface area contributed by atoms with Gasteiger partial charge in [-0.15, -0.1) is 0 Å². The Hall–Kier alpha value is -2.74. The minimum absolute atomic E-state index is 0.194. The summed E-state index contributed by atoms with van der Waals surface area (Å²) in [5.74, 6) is 0.363. The molecular formula is C26H36N4O4. The van der Waals surface area contributed by atoms with Crippen LogP contribution in [0.2, 0.25) is 0 Å². The quantitative estimate of drug-likeness (QED) is 0.509. The fourth-order valence-electron chi connectivity index (χ4n) is 5.40. The van der Waals surface area contributed by atoms with Gasteiger partial charge in [0.15, 0.2) is 6.29 Å². The summed E-state index contributed by atoms with van der Waals surface area (Å²) in [5.41, 5.74) is 1.53. The molecule has 34 heavy (non-hydrogen) atoms. The van der Waals surface area contributed by atoms with Crippen molar-refractivity contribution in [2.24, 2.45) is 11.8 Å². The van der Waals surface area contributed by atoms with Crippen LogP contribution in [0.25, 0.3) is 0 Å². The second-order valence-corrected chi connectivity index (χ2v) is 10.2. The van der Waals surface area contributed by atoms with Gasteiger partial charge in [-0.05, 0) is 75.2 Å². The van der Waals surface area contributed by atoms with E-state index in [1.54, 1.807) is 19.2 Å². The molecule has 3 saturated heterocycles. The highest BCUT2D eigenvalue weighted by Crippen LogP contribution is 2.28. The Morgan fingerprint density at radius 2 is 1.79 bits per heavy atom. The van der Waals surface area contributed by atoms with Crippen molar-refractivity contribution in [2.75, 3.05) is 44.7 Å². The average Bonchev–Trinajstić information content (AvgIpc) is 2.85. The molecule has 1 N–H and O–H groups in total. The van der Waals surface area contributed by atoms with Gasteiger partial charge in [-0.25, -0.2) is 0 Å². The van der Waals surface area contributed by atoms with Crippen molar-refractivity contribution in [3.8, 4) is 0 Å². The zero-order valence-electron chi connectivity index (χ0n) is 20.3. The number of nitrogens with zero attached hydrogens (tertiary/aromatic N) is 3. The fourth-order valence-corrected chi connectivity index (χ4v) is 5.40. The topological polar surface area (TPSA) is 90.0 Å². The lowest BCUT2D eigenvalue weighted by molar-refractivity contribution is -0.136. The molecule has 0 aromatic heterocycles. The van der Waals surface area contributed by atoms with Gasteiger partial charge in [0.25, 0.3) is 5.91 Å². The highest BCUT2D eigenvalue weighted by atomic mass is 16.2. The Bertz CT molecular complexity index is 933. The van der Waals surface area contributed by atoms with Gasteiger partial charge in [-0.1, -0.05) is 6.92 Å². The summed E-state index contributed by atoms with van der Waals surface area (Å²) in [5, 5.41) is 2.29. The first-order valence-electron chi connectivity index (χ1n) is 12.5. The Balaban J connectivity index is 1.40. The van der Waals surface area contributed by atoms with Crippen LogP contribution in [0.5, 0.6) is 0 Å². The van der Waals surface area contributed by atoms with Crippen molar-refractivity contribution < 1.29 is 19.2 Å². The van der Waals surface area contributed by atoms with Gasteiger partial charge in [0.1, 0.15) is 6.04 Å². The number of likely N-dealkylation sites (tertiary alicyclic amines) is 1. The number of imide groups is 1. The van der Waals surface area contributed by atoms with E-state index in [0.29, 0.717) is 23.3 Å². The van der Waals surface area contributed by atoms with Crippen LogP contribution < -0.4 is 10.2 Å². The van der Waals surface area contributed by atoms with Gasteiger partial charge < -0.3 is 14.7 Å². The molecule has 1 unspecified atom stereocenters. The molecule has 0 radical (unpaired) electrons. The third-order valence-electron chi connectivity index (χ3n) is 7.76. The predicted octanol–water partition coefficient (Wildman–Crippen LogP) is 2.32. The van der Waals surface area contributed by atoms with Gasteiger partial charge >= 0.3 is 0 Å². The Morgan fingerprint density at radius 3 is 2.44 bits per heavy atom. The average molecular weight is 469 g/mol. The van der Waals surface area contributed by atoms with E-state index in [4.69, 9.17) is 0 Å². The molecule has 3 aliphatic rings. The van der Waals surface area contributed by atoms with Crippen LogP contribution in [-0.4, -0.2) is 79.6 Å². The number of hydrogen-bond acceptors (Lipinski definition) is 6. The molecule has 0 bridgehead atoms. The molecule has 3 aliphatic heterocycles. The number of carbonyl (C=O) groups is 4. The molecule has 8 heteroatoms. The SMILES string of the molecule is CC1CCN(CC2CCN(c3ccc(C=O)c(C(=O)N(C)C4CCC(=O)NC4=O)c3)CC2)CC1. The van der Waals surface area contributed by atoms with Crippen LogP contribution in [0.3, 0.4) is 0 Å². The molecule has 0 aliphatic carbocycles. The molecule has 1 aromatic rings. The highest BCUT2D eigenvalue weighted by molar-refractivity contribution is 6.06. The largest absolute Gasteiger partial charge is 0.371 e. The van der Waals surface area contributed by atoms with E-state index in [1.807, 2.05) is 6.07 Å².